The molecular weight excluding hydrogens is 264 g/mol. The first kappa shape index (κ1) is 16.1. The Morgan fingerprint density at radius 3 is 2.42 bits per heavy atom. The zero-order valence-corrected chi connectivity index (χ0v) is 13.0. The quantitative estimate of drug-likeness (QED) is 0.775. The van der Waals surface area contributed by atoms with Crippen LogP contribution >= 0.6 is 0 Å². The van der Waals surface area contributed by atoms with Gasteiger partial charge in [-0.1, -0.05) is 27.7 Å². The van der Waals surface area contributed by atoms with E-state index in [9.17, 15) is 13.8 Å². The molecule has 0 saturated carbocycles. The van der Waals surface area contributed by atoms with Gasteiger partial charge in [0.25, 0.3) is 0 Å². The molecule has 1 fully saturated rings. The molecule has 3 unspecified atom stereocenters. The third-order valence-electron chi connectivity index (χ3n) is 3.42. The summed E-state index contributed by atoms with van der Waals surface area (Å²) < 4.78 is 11.5. The summed E-state index contributed by atoms with van der Waals surface area (Å²) >= 11 is 0. The summed E-state index contributed by atoms with van der Waals surface area (Å²) in [4.78, 5) is 26.0. The van der Waals surface area contributed by atoms with Gasteiger partial charge in [0.15, 0.2) is 0 Å². The maximum Gasteiger partial charge on any atom is 0.245 e. The third kappa shape index (κ3) is 3.78. The second-order valence-corrected chi connectivity index (χ2v) is 6.99. The highest BCUT2D eigenvalue weighted by Gasteiger charge is 2.40. The van der Waals surface area contributed by atoms with Crippen molar-refractivity contribution in [2.24, 2.45) is 5.92 Å². The predicted molar refractivity (Wildman–Crippen MR) is 76.1 cm³/mol. The van der Waals surface area contributed by atoms with Gasteiger partial charge in [0.05, 0.1) is 0 Å². The molecule has 2 amide bonds. The second-order valence-electron chi connectivity index (χ2n) is 5.12. The van der Waals surface area contributed by atoms with Gasteiger partial charge >= 0.3 is 0 Å². The fourth-order valence-electron chi connectivity index (χ4n) is 2.33. The zero-order chi connectivity index (χ0) is 14.6. The first-order valence-electron chi connectivity index (χ1n) is 6.88. The van der Waals surface area contributed by atoms with E-state index in [1.807, 2.05) is 27.7 Å². The summed E-state index contributed by atoms with van der Waals surface area (Å²) in [5, 5.41) is 2.77. The molecule has 0 aliphatic carbocycles. The van der Waals surface area contributed by atoms with Crippen LogP contribution in [0, 0.1) is 5.92 Å². The van der Waals surface area contributed by atoms with Crippen molar-refractivity contribution in [1.29, 1.82) is 0 Å². The number of carbonyl (C=O) groups excluding carboxylic acids is 2. The SMILES string of the molecule is CCC1NC(=O)C(C(C)C)N(CCS(=O)CC)C1=O. The van der Waals surface area contributed by atoms with Crippen molar-refractivity contribution < 1.29 is 13.8 Å². The Labute approximate surface area is 117 Å². The fraction of sp³-hybridized carbons (Fsp3) is 0.846. The predicted octanol–water partition coefficient (Wildman–Crippen LogP) is 0.517. The van der Waals surface area contributed by atoms with E-state index in [0.717, 1.165) is 0 Å². The van der Waals surface area contributed by atoms with Crippen LogP contribution in [0.4, 0.5) is 0 Å². The molecule has 1 saturated heterocycles. The summed E-state index contributed by atoms with van der Waals surface area (Å²) in [6.45, 7) is 7.98. The van der Waals surface area contributed by atoms with Crippen LogP contribution in [0.3, 0.4) is 0 Å². The van der Waals surface area contributed by atoms with Gasteiger partial charge in [0.1, 0.15) is 12.1 Å². The standard InChI is InChI=1S/C13H24N2O3S/c1-5-10-13(17)15(7-8-19(18)6-2)11(9(3)4)12(16)14-10/h9-11H,5-8H2,1-4H3,(H,14,16). The Kier molecular flexibility index (Phi) is 5.97. The molecule has 0 aromatic carbocycles. The lowest BCUT2D eigenvalue weighted by Gasteiger charge is -2.40. The van der Waals surface area contributed by atoms with Crippen molar-refractivity contribution in [3.05, 3.63) is 0 Å². The molecule has 6 heteroatoms. The normalized spacial score (nSPS) is 25.6. The van der Waals surface area contributed by atoms with Crippen LogP contribution in [0.1, 0.15) is 34.1 Å². The van der Waals surface area contributed by atoms with Crippen LogP contribution in [0.15, 0.2) is 0 Å². The molecule has 1 aliphatic heterocycles. The Bertz CT molecular complexity index is 371. The molecule has 110 valence electrons. The minimum atomic E-state index is -0.922. The summed E-state index contributed by atoms with van der Waals surface area (Å²) in [6, 6.07) is -0.873. The Morgan fingerprint density at radius 2 is 1.95 bits per heavy atom. The molecule has 0 bridgehead atoms. The van der Waals surface area contributed by atoms with Crippen molar-refractivity contribution in [1.82, 2.24) is 10.2 Å². The van der Waals surface area contributed by atoms with E-state index in [1.54, 1.807) is 4.90 Å². The van der Waals surface area contributed by atoms with E-state index in [-0.39, 0.29) is 17.7 Å². The molecule has 0 aromatic rings. The lowest BCUT2D eigenvalue weighted by Crippen LogP contribution is -2.65. The number of rotatable bonds is 6. The topological polar surface area (TPSA) is 66.5 Å². The molecule has 1 heterocycles. The minimum absolute atomic E-state index is 0.0473. The van der Waals surface area contributed by atoms with E-state index in [0.29, 0.717) is 24.5 Å². The van der Waals surface area contributed by atoms with Crippen molar-refractivity contribution in [3.63, 3.8) is 0 Å². The molecule has 1 rings (SSSR count). The van der Waals surface area contributed by atoms with E-state index in [4.69, 9.17) is 0 Å². The van der Waals surface area contributed by atoms with Crippen molar-refractivity contribution in [3.8, 4) is 0 Å². The van der Waals surface area contributed by atoms with Gasteiger partial charge in [-0.3, -0.25) is 13.8 Å². The van der Waals surface area contributed by atoms with Gasteiger partial charge < -0.3 is 10.2 Å². The highest BCUT2D eigenvalue weighted by molar-refractivity contribution is 7.84. The Hall–Kier alpha value is -0.910. The number of nitrogens with zero attached hydrogens (tertiary/aromatic N) is 1. The summed E-state index contributed by atoms with van der Waals surface area (Å²) in [5.41, 5.74) is 0. The highest BCUT2D eigenvalue weighted by atomic mass is 32.2. The second kappa shape index (κ2) is 7.03. The molecule has 1 aliphatic rings. The van der Waals surface area contributed by atoms with E-state index < -0.39 is 22.9 Å². The van der Waals surface area contributed by atoms with Crippen LogP contribution < -0.4 is 5.32 Å². The average molecular weight is 288 g/mol. The molecule has 0 radical (unpaired) electrons. The maximum absolute atomic E-state index is 12.3. The van der Waals surface area contributed by atoms with E-state index in [1.165, 1.54) is 0 Å². The summed E-state index contributed by atoms with van der Waals surface area (Å²) in [6.07, 6.45) is 0.586. The van der Waals surface area contributed by atoms with E-state index in [2.05, 4.69) is 5.32 Å². The molecule has 5 nitrogen and oxygen atoms in total. The molecule has 0 aromatic heterocycles. The van der Waals surface area contributed by atoms with Gasteiger partial charge in [-0.25, -0.2) is 0 Å². The van der Waals surface area contributed by atoms with Gasteiger partial charge in [-0.05, 0) is 12.3 Å². The van der Waals surface area contributed by atoms with Gasteiger partial charge in [-0.15, -0.1) is 0 Å². The molecular formula is C13H24N2O3S. The molecule has 1 N–H and O–H groups in total. The number of hydrogen-bond donors (Lipinski definition) is 1. The number of amides is 2. The molecule has 0 spiro atoms. The minimum Gasteiger partial charge on any atom is -0.343 e. The largest absolute Gasteiger partial charge is 0.343 e. The summed E-state index contributed by atoms with van der Waals surface area (Å²) in [5.74, 6) is 0.932. The fourth-order valence-corrected chi connectivity index (χ4v) is 3.02. The highest BCUT2D eigenvalue weighted by Crippen LogP contribution is 2.18. The van der Waals surface area contributed by atoms with E-state index >= 15 is 0 Å². The van der Waals surface area contributed by atoms with Crippen LogP contribution in [-0.4, -0.2) is 51.1 Å². The third-order valence-corrected chi connectivity index (χ3v) is 4.71. The lowest BCUT2D eigenvalue weighted by molar-refractivity contribution is -0.150. The van der Waals surface area contributed by atoms with Crippen molar-refractivity contribution >= 4 is 22.6 Å². The number of piperazine rings is 1. The lowest BCUT2D eigenvalue weighted by atomic mass is 9.96. The van der Waals surface area contributed by atoms with Crippen molar-refractivity contribution in [2.45, 2.75) is 46.2 Å². The van der Waals surface area contributed by atoms with Gasteiger partial charge in [0.2, 0.25) is 11.8 Å². The first-order valence-corrected chi connectivity index (χ1v) is 8.36. The number of nitrogens with one attached hydrogen (secondary N) is 1. The molecule has 19 heavy (non-hydrogen) atoms. The van der Waals surface area contributed by atoms with Crippen molar-refractivity contribution in [2.75, 3.05) is 18.1 Å². The van der Waals surface area contributed by atoms with Gasteiger partial charge in [0, 0.05) is 28.9 Å². The number of carbonyl (C=O) groups is 2. The van der Waals surface area contributed by atoms with Crippen LogP contribution in [0.25, 0.3) is 0 Å². The van der Waals surface area contributed by atoms with Gasteiger partial charge in [-0.2, -0.15) is 0 Å². The first-order chi connectivity index (χ1) is 8.92. The monoisotopic (exact) mass is 288 g/mol. The number of hydrogen-bond acceptors (Lipinski definition) is 3. The molecule has 3 atom stereocenters. The summed E-state index contributed by atoms with van der Waals surface area (Å²) in [7, 11) is -0.922. The van der Waals surface area contributed by atoms with Crippen LogP contribution in [0.2, 0.25) is 0 Å². The zero-order valence-electron chi connectivity index (χ0n) is 12.1. The average Bonchev–Trinajstić information content (AvgIpc) is 2.37. The Morgan fingerprint density at radius 1 is 1.32 bits per heavy atom. The van der Waals surface area contributed by atoms with Crippen LogP contribution in [-0.2, 0) is 20.4 Å². The smallest absolute Gasteiger partial charge is 0.245 e. The van der Waals surface area contributed by atoms with Crippen LogP contribution in [0.5, 0.6) is 0 Å². The maximum atomic E-state index is 12.3. The Balaban J connectivity index is 2.86.